The van der Waals surface area contributed by atoms with Crippen molar-refractivity contribution >= 4 is 61.8 Å². The predicted molar refractivity (Wildman–Crippen MR) is 95.0 cm³/mol. The minimum absolute atomic E-state index is 0.0358. The monoisotopic (exact) mass is 380 g/mol. The van der Waals surface area contributed by atoms with Crippen LogP contribution in [0.3, 0.4) is 0 Å². The van der Waals surface area contributed by atoms with E-state index in [1.54, 1.807) is 6.07 Å². The van der Waals surface area contributed by atoms with E-state index in [1.807, 2.05) is 24.3 Å². The summed E-state index contributed by atoms with van der Waals surface area (Å²) in [6.45, 7) is -0.462. The van der Waals surface area contributed by atoms with Crippen molar-refractivity contribution in [1.29, 1.82) is 0 Å². The summed E-state index contributed by atoms with van der Waals surface area (Å²) in [4.78, 5) is 28.2. The maximum Gasteiger partial charge on any atom is 0.341 e. The Morgan fingerprint density at radius 1 is 1.08 bits per heavy atom. The highest BCUT2D eigenvalue weighted by molar-refractivity contribution is 7.22. The first-order valence-corrected chi connectivity index (χ1v) is 8.38. The number of carbonyl (C=O) groups excluding carboxylic acids is 2. The second-order valence-corrected chi connectivity index (χ2v) is 6.55. The minimum atomic E-state index is -0.759. The number of amides is 1. The molecule has 3 rings (SSSR count). The highest BCUT2D eigenvalue weighted by Gasteiger charge is 2.17. The predicted octanol–water partition coefficient (Wildman–Crippen LogP) is 4.40. The van der Waals surface area contributed by atoms with Crippen LogP contribution in [0.15, 0.2) is 42.5 Å². The normalized spacial score (nSPS) is 10.6. The van der Waals surface area contributed by atoms with Crippen molar-refractivity contribution in [3.8, 4) is 0 Å². The molecule has 0 atom stereocenters. The maximum absolute atomic E-state index is 12.0. The molecule has 1 heterocycles. The van der Waals surface area contributed by atoms with Gasteiger partial charge in [0.05, 0.1) is 25.8 Å². The van der Waals surface area contributed by atoms with E-state index in [2.05, 4.69) is 10.3 Å². The second-order valence-electron chi connectivity index (χ2n) is 4.71. The summed E-state index contributed by atoms with van der Waals surface area (Å²) in [5, 5.41) is 3.36. The Morgan fingerprint density at radius 3 is 2.50 bits per heavy atom. The Bertz CT molecular complexity index is 873. The topological polar surface area (TPSA) is 68.3 Å². The maximum atomic E-state index is 12.0. The first-order valence-electron chi connectivity index (χ1n) is 6.81. The number of ether oxygens (including phenoxy) is 1. The Morgan fingerprint density at radius 2 is 1.79 bits per heavy atom. The van der Waals surface area contributed by atoms with Crippen molar-refractivity contribution in [2.45, 2.75) is 0 Å². The molecule has 5 nitrogen and oxygen atoms in total. The number of hydrogen-bond donors (Lipinski definition) is 1. The van der Waals surface area contributed by atoms with Crippen LogP contribution in [0.1, 0.15) is 10.4 Å². The first kappa shape index (κ1) is 16.7. The molecule has 0 saturated carbocycles. The van der Waals surface area contributed by atoms with Gasteiger partial charge in [0.15, 0.2) is 11.7 Å². The molecule has 0 bridgehead atoms. The Labute approximate surface area is 151 Å². The zero-order valence-corrected chi connectivity index (χ0v) is 14.4. The van der Waals surface area contributed by atoms with Crippen molar-refractivity contribution in [2.24, 2.45) is 0 Å². The third-order valence-corrected chi connectivity index (χ3v) is 4.62. The summed E-state index contributed by atoms with van der Waals surface area (Å²) >= 11 is 13.2. The molecule has 8 heteroatoms. The van der Waals surface area contributed by atoms with E-state index in [4.69, 9.17) is 27.9 Å². The number of nitrogens with zero attached hydrogens (tertiary/aromatic N) is 1. The second kappa shape index (κ2) is 7.17. The molecule has 0 spiro atoms. The summed E-state index contributed by atoms with van der Waals surface area (Å²) in [7, 11) is 0. The number of benzene rings is 2. The lowest BCUT2D eigenvalue weighted by Gasteiger charge is -2.07. The summed E-state index contributed by atoms with van der Waals surface area (Å²) in [6.07, 6.45) is 0. The van der Waals surface area contributed by atoms with Crippen molar-refractivity contribution in [3.63, 3.8) is 0 Å². The van der Waals surface area contributed by atoms with Gasteiger partial charge < -0.3 is 4.74 Å². The lowest BCUT2D eigenvalue weighted by Crippen LogP contribution is -2.21. The number of thiazole rings is 1. The molecule has 0 aliphatic heterocycles. The van der Waals surface area contributed by atoms with Gasteiger partial charge in [-0.2, -0.15) is 0 Å². The molecule has 1 aromatic heterocycles. The van der Waals surface area contributed by atoms with E-state index in [0.29, 0.717) is 5.13 Å². The average molecular weight is 381 g/mol. The van der Waals surface area contributed by atoms with Crippen LogP contribution in [-0.4, -0.2) is 23.5 Å². The van der Waals surface area contributed by atoms with Crippen LogP contribution in [0.5, 0.6) is 0 Å². The molecule has 24 heavy (non-hydrogen) atoms. The third-order valence-electron chi connectivity index (χ3n) is 3.04. The molecule has 0 fully saturated rings. The molecule has 1 amide bonds. The summed E-state index contributed by atoms with van der Waals surface area (Å²) in [5.74, 6) is -1.25. The fraction of sp³-hybridized carbons (Fsp3) is 0.0625. The third kappa shape index (κ3) is 3.67. The van der Waals surface area contributed by atoms with Crippen LogP contribution >= 0.6 is 34.5 Å². The molecule has 0 unspecified atom stereocenters. The van der Waals surface area contributed by atoms with Gasteiger partial charge in [0.25, 0.3) is 5.91 Å². The summed E-state index contributed by atoms with van der Waals surface area (Å²) < 4.78 is 5.91. The molecule has 3 aromatic rings. The number of nitrogens with one attached hydrogen (secondary N) is 1. The van der Waals surface area contributed by atoms with Crippen molar-refractivity contribution in [1.82, 2.24) is 4.98 Å². The highest BCUT2D eigenvalue weighted by atomic mass is 35.5. The smallest absolute Gasteiger partial charge is 0.341 e. The summed E-state index contributed by atoms with van der Waals surface area (Å²) in [5.41, 5.74) is 0.825. The van der Waals surface area contributed by atoms with Crippen LogP contribution in [0.25, 0.3) is 10.2 Å². The Balaban J connectivity index is 1.62. The number of carbonyl (C=O) groups is 2. The van der Waals surface area contributed by atoms with Crippen LogP contribution < -0.4 is 5.32 Å². The molecule has 0 saturated heterocycles. The van der Waals surface area contributed by atoms with Crippen LogP contribution in [0.2, 0.25) is 10.0 Å². The lowest BCUT2D eigenvalue weighted by atomic mass is 10.2. The van der Waals surface area contributed by atoms with E-state index in [0.717, 1.165) is 10.2 Å². The number of para-hydroxylation sites is 1. The molecule has 0 radical (unpaired) electrons. The number of rotatable bonds is 4. The minimum Gasteiger partial charge on any atom is -0.452 e. The number of anilines is 1. The lowest BCUT2D eigenvalue weighted by molar-refractivity contribution is -0.119. The molecule has 0 aliphatic carbocycles. The Kier molecular flexibility index (Phi) is 4.99. The number of halogens is 2. The van der Waals surface area contributed by atoms with E-state index >= 15 is 0 Å². The van der Waals surface area contributed by atoms with Crippen LogP contribution in [0, 0.1) is 0 Å². The van der Waals surface area contributed by atoms with E-state index in [9.17, 15) is 9.59 Å². The SMILES string of the molecule is O=C(COC(=O)c1c(Cl)cccc1Cl)Nc1nc2ccccc2s1. The van der Waals surface area contributed by atoms with Gasteiger partial charge in [0.1, 0.15) is 0 Å². The number of esters is 1. The first-order chi connectivity index (χ1) is 11.5. The average Bonchev–Trinajstić information content (AvgIpc) is 2.95. The van der Waals surface area contributed by atoms with Gasteiger partial charge in [-0.15, -0.1) is 0 Å². The molecule has 1 N–H and O–H groups in total. The molecule has 2 aromatic carbocycles. The van der Waals surface area contributed by atoms with E-state index in [1.165, 1.54) is 23.5 Å². The molecular weight excluding hydrogens is 371 g/mol. The fourth-order valence-corrected chi connectivity index (χ4v) is 3.41. The van der Waals surface area contributed by atoms with Gasteiger partial charge in [-0.1, -0.05) is 52.7 Å². The molecule has 0 aliphatic rings. The molecular formula is C16H10Cl2N2O3S. The standard InChI is InChI=1S/C16H10Cl2N2O3S/c17-9-4-3-5-10(18)14(9)15(22)23-8-13(21)20-16-19-11-6-1-2-7-12(11)24-16/h1-7H,8H2,(H,19,20,21). The zero-order valence-electron chi connectivity index (χ0n) is 12.1. The van der Waals surface area contributed by atoms with Crippen molar-refractivity contribution < 1.29 is 14.3 Å². The van der Waals surface area contributed by atoms with Gasteiger partial charge in [-0.05, 0) is 24.3 Å². The Hall–Kier alpha value is -2.15. The van der Waals surface area contributed by atoms with E-state index < -0.39 is 18.5 Å². The molecule has 122 valence electrons. The largest absolute Gasteiger partial charge is 0.452 e. The van der Waals surface area contributed by atoms with Gasteiger partial charge >= 0.3 is 5.97 Å². The van der Waals surface area contributed by atoms with E-state index in [-0.39, 0.29) is 15.6 Å². The van der Waals surface area contributed by atoms with Crippen molar-refractivity contribution in [2.75, 3.05) is 11.9 Å². The van der Waals surface area contributed by atoms with Gasteiger partial charge in [0, 0.05) is 0 Å². The quantitative estimate of drug-likeness (QED) is 0.681. The number of fused-ring (bicyclic) bond motifs is 1. The highest BCUT2D eigenvalue weighted by Crippen LogP contribution is 2.26. The number of aromatic nitrogens is 1. The summed E-state index contributed by atoms with van der Waals surface area (Å²) in [6, 6.07) is 12.2. The van der Waals surface area contributed by atoms with Gasteiger partial charge in [-0.25, -0.2) is 9.78 Å². The van der Waals surface area contributed by atoms with Crippen molar-refractivity contribution in [3.05, 3.63) is 58.1 Å². The number of hydrogen-bond acceptors (Lipinski definition) is 5. The van der Waals surface area contributed by atoms with Gasteiger partial charge in [0.2, 0.25) is 0 Å². The zero-order chi connectivity index (χ0) is 17.1. The van der Waals surface area contributed by atoms with Gasteiger partial charge in [-0.3, -0.25) is 10.1 Å². The van der Waals surface area contributed by atoms with Crippen LogP contribution in [0.4, 0.5) is 5.13 Å². The fourth-order valence-electron chi connectivity index (χ4n) is 1.98. The van der Waals surface area contributed by atoms with Crippen LogP contribution in [-0.2, 0) is 9.53 Å².